The monoisotopic (exact) mass is 247 g/mol. The van der Waals surface area contributed by atoms with Crippen LogP contribution in [0.25, 0.3) is 0 Å². The maximum Gasteiger partial charge on any atom is 0.411 e. The molecule has 1 aliphatic rings. The molecule has 1 N–H and O–H groups in total. The number of amides is 1. The summed E-state index contributed by atoms with van der Waals surface area (Å²) in [7, 11) is 0. The van der Waals surface area contributed by atoms with E-state index < -0.39 is 0 Å². The Balaban J connectivity index is 1.82. The van der Waals surface area contributed by atoms with Gasteiger partial charge in [-0.15, -0.1) is 0 Å². The summed E-state index contributed by atoms with van der Waals surface area (Å²) in [5.41, 5.74) is 1.96. The van der Waals surface area contributed by atoms with Gasteiger partial charge in [-0.3, -0.25) is 5.32 Å². The van der Waals surface area contributed by atoms with Crippen LogP contribution >= 0.6 is 0 Å². The Morgan fingerprint density at radius 1 is 1.28 bits per heavy atom. The van der Waals surface area contributed by atoms with Crippen LogP contribution in [0.5, 0.6) is 0 Å². The molecule has 1 atom stereocenters. The highest BCUT2D eigenvalue weighted by atomic mass is 16.6. The van der Waals surface area contributed by atoms with Gasteiger partial charge < -0.3 is 4.74 Å². The number of carbonyl (C=O) groups is 1. The predicted molar refractivity (Wildman–Crippen MR) is 72.7 cm³/mol. The van der Waals surface area contributed by atoms with Gasteiger partial charge in [0, 0.05) is 5.69 Å². The lowest BCUT2D eigenvalue weighted by molar-refractivity contribution is 0.0854. The van der Waals surface area contributed by atoms with Gasteiger partial charge in [-0.25, -0.2) is 4.79 Å². The lowest BCUT2D eigenvalue weighted by Gasteiger charge is -2.19. The maximum atomic E-state index is 11.7. The van der Waals surface area contributed by atoms with Crippen molar-refractivity contribution in [2.24, 2.45) is 5.92 Å². The van der Waals surface area contributed by atoms with Crippen molar-refractivity contribution >= 4 is 11.8 Å². The summed E-state index contributed by atoms with van der Waals surface area (Å²) in [5, 5.41) is 2.76. The fourth-order valence-corrected chi connectivity index (χ4v) is 2.48. The lowest BCUT2D eigenvalue weighted by Crippen LogP contribution is -2.25. The van der Waals surface area contributed by atoms with Gasteiger partial charge in [0.15, 0.2) is 0 Å². The lowest BCUT2D eigenvalue weighted by atomic mass is 10.0. The number of hydrogen-bond acceptors (Lipinski definition) is 2. The summed E-state index contributed by atoms with van der Waals surface area (Å²) in [6.07, 6.45) is 4.55. The summed E-state index contributed by atoms with van der Waals surface area (Å²) in [4.78, 5) is 11.7. The fraction of sp³-hybridized carbons (Fsp3) is 0.533. The molecule has 1 saturated carbocycles. The van der Waals surface area contributed by atoms with Gasteiger partial charge in [-0.1, -0.05) is 30.5 Å². The molecule has 0 saturated heterocycles. The van der Waals surface area contributed by atoms with Crippen LogP contribution in [0.2, 0.25) is 0 Å². The molecule has 1 aromatic carbocycles. The van der Waals surface area contributed by atoms with Crippen LogP contribution in [0.1, 0.15) is 38.2 Å². The van der Waals surface area contributed by atoms with E-state index in [0.29, 0.717) is 5.92 Å². The van der Waals surface area contributed by atoms with Crippen molar-refractivity contribution in [3.05, 3.63) is 29.8 Å². The number of ether oxygens (including phenoxy) is 1. The van der Waals surface area contributed by atoms with E-state index >= 15 is 0 Å². The SMILES string of the molecule is Cc1ccc(NC(=O)OC(C)C2CCCC2)cc1. The van der Waals surface area contributed by atoms with Crippen LogP contribution in [-0.4, -0.2) is 12.2 Å². The van der Waals surface area contributed by atoms with Gasteiger partial charge >= 0.3 is 6.09 Å². The van der Waals surface area contributed by atoms with E-state index in [1.165, 1.54) is 31.2 Å². The van der Waals surface area contributed by atoms with Crippen molar-refractivity contribution < 1.29 is 9.53 Å². The quantitative estimate of drug-likeness (QED) is 0.872. The number of carbonyl (C=O) groups excluding carboxylic acids is 1. The van der Waals surface area contributed by atoms with E-state index in [4.69, 9.17) is 4.74 Å². The summed E-state index contributed by atoms with van der Waals surface area (Å²) < 4.78 is 5.42. The second kappa shape index (κ2) is 5.89. The third kappa shape index (κ3) is 3.49. The zero-order valence-electron chi connectivity index (χ0n) is 11.1. The highest BCUT2D eigenvalue weighted by Gasteiger charge is 2.24. The molecular formula is C15H21NO2. The van der Waals surface area contributed by atoms with Gasteiger partial charge in [-0.05, 0) is 44.7 Å². The largest absolute Gasteiger partial charge is 0.446 e. The molecule has 98 valence electrons. The zero-order valence-corrected chi connectivity index (χ0v) is 11.1. The van der Waals surface area contributed by atoms with E-state index in [0.717, 1.165) is 5.69 Å². The van der Waals surface area contributed by atoms with Gasteiger partial charge in [0.2, 0.25) is 0 Å². The second-order valence-electron chi connectivity index (χ2n) is 5.15. The normalized spacial score (nSPS) is 17.4. The highest BCUT2D eigenvalue weighted by Crippen LogP contribution is 2.29. The van der Waals surface area contributed by atoms with Crippen LogP contribution in [-0.2, 0) is 4.74 Å². The van der Waals surface area contributed by atoms with Crippen molar-refractivity contribution in [2.75, 3.05) is 5.32 Å². The molecule has 1 aliphatic carbocycles. The number of aryl methyl sites for hydroxylation is 1. The van der Waals surface area contributed by atoms with Gasteiger partial charge in [0.05, 0.1) is 0 Å². The van der Waals surface area contributed by atoms with Crippen molar-refractivity contribution in [1.82, 2.24) is 0 Å². The predicted octanol–water partition coefficient (Wildman–Crippen LogP) is 4.12. The molecule has 18 heavy (non-hydrogen) atoms. The third-order valence-corrected chi connectivity index (χ3v) is 3.65. The number of hydrogen-bond donors (Lipinski definition) is 1. The summed E-state index contributed by atoms with van der Waals surface area (Å²) in [6.45, 7) is 4.01. The van der Waals surface area contributed by atoms with E-state index in [1.54, 1.807) is 0 Å². The average molecular weight is 247 g/mol. The molecule has 2 rings (SSSR count). The maximum absolute atomic E-state index is 11.7. The molecule has 1 aromatic rings. The number of rotatable bonds is 3. The Hall–Kier alpha value is -1.51. The fourth-order valence-electron chi connectivity index (χ4n) is 2.48. The molecule has 3 nitrogen and oxygen atoms in total. The van der Waals surface area contributed by atoms with Crippen LogP contribution < -0.4 is 5.32 Å². The standard InChI is InChI=1S/C15H21NO2/c1-11-7-9-14(10-8-11)16-15(17)18-12(2)13-5-3-4-6-13/h7-10,12-13H,3-6H2,1-2H3,(H,16,17). The Kier molecular flexibility index (Phi) is 4.24. The van der Waals surface area contributed by atoms with E-state index in [9.17, 15) is 4.79 Å². The van der Waals surface area contributed by atoms with Gasteiger partial charge in [0.25, 0.3) is 0 Å². The van der Waals surface area contributed by atoms with Crippen molar-refractivity contribution in [2.45, 2.75) is 45.6 Å². The molecule has 0 aromatic heterocycles. The van der Waals surface area contributed by atoms with Crippen molar-refractivity contribution in [3.8, 4) is 0 Å². The van der Waals surface area contributed by atoms with Crippen LogP contribution in [0, 0.1) is 12.8 Å². The zero-order chi connectivity index (χ0) is 13.0. The van der Waals surface area contributed by atoms with Crippen molar-refractivity contribution in [1.29, 1.82) is 0 Å². The Morgan fingerprint density at radius 2 is 1.89 bits per heavy atom. The minimum Gasteiger partial charge on any atom is -0.446 e. The van der Waals surface area contributed by atoms with E-state index in [-0.39, 0.29) is 12.2 Å². The van der Waals surface area contributed by atoms with Crippen LogP contribution in [0.3, 0.4) is 0 Å². The molecule has 0 aliphatic heterocycles. The molecule has 0 radical (unpaired) electrons. The molecule has 1 unspecified atom stereocenters. The van der Waals surface area contributed by atoms with E-state index in [1.807, 2.05) is 38.1 Å². The van der Waals surface area contributed by atoms with Gasteiger partial charge in [0.1, 0.15) is 6.10 Å². The van der Waals surface area contributed by atoms with Crippen LogP contribution in [0.15, 0.2) is 24.3 Å². The molecule has 1 fully saturated rings. The number of nitrogens with one attached hydrogen (secondary N) is 1. The molecule has 1 amide bonds. The Bertz CT molecular complexity index is 393. The molecule has 0 spiro atoms. The Labute approximate surface area is 109 Å². The number of anilines is 1. The third-order valence-electron chi connectivity index (χ3n) is 3.65. The first-order valence-electron chi connectivity index (χ1n) is 6.69. The minimum atomic E-state index is -0.349. The first kappa shape index (κ1) is 12.9. The average Bonchev–Trinajstić information content (AvgIpc) is 2.85. The molecular weight excluding hydrogens is 226 g/mol. The second-order valence-corrected chi connectivity index (χ2v) is 5.15. The van der Waals surface area contributed by atoms with Crippen LogP contribution in [0.4, 0.5) is 10.5 Å². The molecule has 3 heteroatoms. The smallest absolute Gasteiger partial charge is 0.411 e. The summed E-state index contributed by atoms with van der Waals surface area (Å²) in [6, 6.07) is 7.71. The van der Waals surface area contributed by atoms with E-state index in [2.05, 4.69) is 5.32 Å². The molecule has 0 bridgehead atoms. The van der Waals surface area contributed by atoms with Crippen molar-refractivity contribution in [3.63, 3.8) is 0 Å². The summed E-state index contributed by atoms with van der Waals surface area (Å²) >= 11 is 0. The van der Waals surface area contributed by atoms with Gasteiger partial charge in [-0.2, -0.15) is 0 Å². The number of benzene rings is 1. The first-order valence-corrected chi connectivity index (χ1v) is 6.69. The summed E-state index contributed by atoms with van der Waals surface area (Å²) in [5.74, 6) is 0.536. The minimum absolute atomic E-state index is 0.0120. The molecule has 0 heterocycles. The Morgan fingerprint density at radius 3 is 2.50 bits per heavy atom. The highest BCUT2D eigenvalue weighted by molar-refractivity contribution is 5.84. The topological polar surface area (TPSA) is 38.3 Å². The first-order chi connectivity index (χ1) is 8.65.